The van der Waals surface area contributed by atoms with E-state index >= 15 is 0 Å². The fourth-order valence-electron chi connectivity index (χ4n) is 7.25. The first-order valence-corrected chi connectivity index (χ1v) is 16.0. The van der Waals surface area contributed by atoms with E-state index in [-0.39, 0.29) is 47.7 Å². The van der Waals surface area contributed by atoms with Crippen molar-refractivity contribution in [1.82, 2.24) is 45.6 Å². The Kier molecular flexibility index (Phi) is 9.60. The molecule has 3 aromatic rings. The van der Waals surface area contributed by atoms with Crippen LogP contribution >= 0.6 is 11.6 Å². The summed E-state index contributed by atoms with van der Waals surface area (Å²) in [6.45, 7) is 5.42. The highest BCUT2D eigenvalue weighted by atomic mass is 35.5. The van der Waals surface area contributed by atoms with Crippen LogP contribution in [0.5, 0.6) is 0 Å². The van der Waals surface area contributed by atoms with Crippen molar-refractivity contribution in [1.29, 1.82) is 0 Å². The number of aromatic nitrogens is 5. The molecule has 6 rings (SSSR count). The zero-order valence-electron chi connectivity index (χ0n) is 25.0. The van der Waals surface area contributed by atoms with Crippen LogP contribution in [0.2, 0.25) is 5.02 Å². The number of alkyl halides is 3. The molecular weight excluding hydrogens is 611 g/mol. The lowest BCUT2D eigenvalue weighted by Gasteiger charge is -2.42. The number of piperidine rings is 1. The molecule has 4 N–H and O–H groups in total. The molecule has 5 heterocycles. The lowest BCUT2D eigenvalue weighted by atomic mass is 9.79. The third-order valence-electron chi connectivity index (χ3n) is 9.44. The summed E-state index contributed by atoms with van der Waals surface area (Å²) in [4.78, 5) is 18.5. The first kappa shape index (κ1) is 32.1. The molecule has 244 valence electrons. The number of halogens is 4. The Morgan fingerprint density at radius 1 is 1.11 bits per heavy atom. The van der Waals surface area contributed by atoms with Crippen LogP contribution in [-0.4, -0.2) is 85.6 Å². The van der Waals surface area contributed by atoms with Gasteiger partial charge in [0, 0.05) is 47.9 Å². The van der Waals surface area contributed by atoms with E-state index in [9.17, 15) is 23.1 Å². The molecule has 15 heteroatoms. The number of benzene rings is 1. The topological polar surface area (TPSA) is 125 Å². The van der Waals surface area contributed by atoms with Gasteiger partial charge in [0.05, 0.1) is 36.6 Å². The van der Waals surface area contributed by atoms with Crippen molar-refractivity contribution in [2.75, 3.05) is 32.8 Å². The molecular formula is C30H39ClF3N9O2. The summed E-state index contributed by atoms with van der Waals surface area (Å²) in [6.07, 6.45) is 2.31. The van der Waals surface area contributed by atoms with Gasteiger partial charge in [0.1, 0.15) is 0 Å². The van der Waals surface area contributed by atoms with E-state index in [4.69, 9.17) is 11.6 Å². The van der Waals surface area contributed by atoms with Gasteiger partial charge in [0.25, 0.3) is 5.56 Å². The van der Waals surface area contributed by atoms with Crippen molar-refractivity contribution in [2.45, 2.75) is 69.4 Å². The molecule has 0 saturated carbocycles. The van der Waals surface area contributed by atoms with E-state index in [2.05, 4.69) is 43.3 Å². The minimum atomic E-state index is -4.65. The van der Waals surface area contributed by atoms with Gasteiger partial charge in [-0.1, -0.05) is 30.2 Å². The van der Waals surface area contributed by atoms with Crippen LogP contribution < -0.4 is 21.6 Å². The molecule has 0 spiro atoms. The van der Waals surface area contributed by atoms with Gasteiger partial charge in [-0.25, -0.2) is 14.7 Å². The molecule has 0 radical (unpaired) electrons. The summed E-state index contributed by atoms with van der Waals surface area (Å²) >= 11 is 6.28. The minimum absolute atomic E-state index is 0.0405. The van der Waals surface area contributed by atoms with Gasteiger partial charge in [0.15, 0.2) is 5.69 Å². The Hall–Kier alpha value is -2.88. The van der Waals surface area contributed by atoms with Gasteiger partial charge in [-0.15, -0.1) is 5.10 Å². The Balaban J connectivity index is 1.32. The Labute approximate surface area is 264 Å². The van der Waals surface area contributed by atoms with E-state index < -0.39 is 11.9 Å². The quantitative estimate of drug-likeness (QED) is 0.330. The van der Waals surface area contributed by atoms with Crippen molar-refractivity contribution >= 4 is 11.6 Å². The minimum Gasteiger partial charge on any atom is -0.395 e. The molecule has 3 aliphatic rings. The Morgan fingerprint density at radius 3 is 2.71 bits per heavy atom. The summed E-state index contributed by atoms with van der Waals surface area (Å²) < 4.78 is 42.4. The highest BCUT2D eigenvalue weighted by Crippen LogP contribution is 2.35. The smallest absolute Gasteiger partial charge is 0.395 e. The average Bonchev–Trinajstić information content (AvgIpc) is 3.66. The van der Waals surface area contributed by atoms with Crippen molar-refractivity contribution in [3.8, 4) is 16.9 Å². The van der Waals surface area contributed by atoms with Gasteiger partial charge in [0.2, 0.25) is 0 Å². The third-order valence-corrected chi connectivity index (χ3v) is 9.67. The first-order valence-electron chi connectivity index (χ1n) is 15.6. The summed E-state index contributed by atoms with van der Waals surface area (Å²) in [5, 5.41) is 26.7. The molecule has 2 bridgehead atoms. The monoisotopic (exact) mass is 649 g/mol. The second-order valence-corrected chi connectivity index (χ2v) is 12.9. The number of hydrazine groups is 1. The number of nitrogens with zero attached hydrogens (tertiary/aromatic N) is 6. The summed E-state index contributed by atoms with van der Waals surface area (Å²) in [5.74, 6) is 0.812. The third kappa shape index (κ3) is 6.96. The molecule has 1 aromatic carbocycles. The second-order valence-electron chi connectivity index (χ2n) is 12.5. The number of rotatable bonds is 5. The van der Waals surface area contributed by atoms with Crippen LogP contribution in [0.15, 0.2) is 41.6 Å². The molecule has 2 aromatic heterocycles. The molecule has 4 unspecified atom stereocenters. The van der Waals surface area contributed by atoms with E-state index in [1.807, 2.05) is 0 Å². The SMILES string of the molecule is C[C@@H]1CCC[C@H](n2cnc(-c3cc(Cl)ccc3-n3cc(C(F)(F)F)nn3)cc2=O)C2CC(CCN2)C2C(CNN2CCO)NC1. The maximum atomic E-state index is 13.8. The van der Waals surface area contributed by atoms with Crippen LogP contribution in [0, 0.1) is 11.8 Å². The summed E-state index contributed by atoms with van der Waals surface area (Å²) in [6, 6.07) is 6.44. The number of fused-ring (bicyclic) bond motifs is 4. The average molecular weight is 650 g/mol. The van der Waals surface area contributed by atoms with Crippen molar-refractivity contribution in [2.24, 2.45) is 11.8 Å². The highest BCUT2D eigenvalue weighted by Gasteiger charge is 2.43. The summed E-state index contributed by atoms with van der Waals surface area (Å²) in [5.41, 5.74) is 3.03. The fourth-order valence-corrected chi connectivity index (χ4v) is 7.42. The van der Waals surface area contributed by atoms with Crippen molar-refractivity contribution in [3.63, 3.8) is 0 Å². The van der Waals surface area contributed by atoms with Gasteiger partial charge < -0.3 is 15.7 Å². The van der Waals surface area contributed by atoms with E-state index in [0.29, 0.717) is 29.0 Å². The zero-order valence-corrected chi connectivity index (χ0v) is 25.8. The lowest BCUT2D eigenvalue weighted by molar-refractivity contribution is -0.141. The van der Waals surface area contributed by atoms with E-state index in [1.54, 1.807) is 17.0 Å². The summed E-state index contributed by atoms with van der Waals surface area (Å²) in [7, 11) is 0. The molecule has 0 amide bonds. The van der Waals surface area contributed by atoms with Crippen LogP contribution in [0.4, 0.5) is 13.2 Å². The number of aliphatic hydroxyl groups excluding tert-OH is 1. The first-order chi connectivity index (χ1) is 21.6. The molecule has 45 heavy (non-hydrogen) atoms. The van der Waals surface area contributed by atoms with Gasteiger partial charge in [-0.2, -0.15) is 13.2 Å². The van der Waals surface area contributed by atoms with Crippen LogP contribution in [0.1, 0.15) is 50.8 Å². The van der Waals surface area contributed by atoms with E-state index in [1.165, 1.54) is 18.2 Å². The zero-order chi connectivity index (χ0) is 31.7. The number of hydrogen-bond donors (Lipinski definition) is 4. The van der Waals surface area contributed by atoms with Crippen LogP contribution in [0.3, 0.4) is 0 Å². The molecule has 0 aliphatic carbocycles. The lowest BCUT2D eigenvalue weighted by Crippen LogP contribution is -2.55. The van der Waals surface area contributed by atoms with Gasteiger partial charge >= 0.3 is 6.18 Å². The standard InChI is InChI=1S/C30H39ClF3N9O2/c1-18-3-2-4-26(23-11-19(7-8-35-23)29-24(36-14-18)15-38-42(29)9-10-44)41-17-37-22(13-28(41)45)21-12-20(31)5-6-25(21)43-16-27(39-40-43)30(32,33)34/h5-6,12-13,16-19,23-24,26,29,35-36,38,44H,2-4,7-11,14-15H2,1H3/t18-,19?,23?,24?,26+,29?/m1/s1. The highest BCUT2D eigenvalue weighted by molar-refractivity contribution is 6.31. The molecule has 3 fully saturated rings. The number of aliphatic hydroxyl groups is 1. The molecule has 3 aliphatic heterocycles. The normalized spacial score (nSPS) is 28.3. The van der Waals surface area contributed by atoms with Gasteiger partial charge in [-0.3, -0.25) is 14.8 Å². The van der Waals surface area contributed by atoms with Crippen LogP contribution in [-0.2, 0) is 6.18 Å². The van der Waals surface area contributed by atoms with Crippen LogP contribution in [0.25, 0.3) is 16.9 Å². The second kappa shape index (κ2) is 13.5. The fraction of sp³-hybridized carbons (Fsp3) is 0.600. The molecule has 3 saturated heterocycles. The number of nitrogens with one attached hydrogen (secondary N) is 3. The predicted molar refractivity (Wildman–Crippen MR) is 163 cm³/mol. The largest absolute Gasteiger partial charge is 0.436 e. The van der Waals surface area contributed by atoms with Crippen molar-refractivity contribution in [3.05, 3.63) is 57.9 Å². The number of β-amino-alcohol motifs (C(OH)–C–C–N with tert-alkyl or cyclic N) is 1. The molecule has 11 nitrogen and oxygen atoms in total. The Morgan fingerprint density at radius 2 is 1.96 bits per heavy atom. The maximum absolute atomic E-state index is 13.8. The maximum Gasteiger partial charge on any atom is 0.436 e. The van der Waals surface area contributed by atoms with Gasteiger partial charge in [-0.05, 0) is 68.8 Å². The van der Waals surface area contributed by atoms with Crippen molar-refractivity contribution < 1.29 is 18.3 Å². The number of hydrogen-bond acceptors (Lipinski definition) is 9. The predicted octanol–water partition coefficient (Wildman–Crippen LogP) is 3.03. The Bertz CT molecular complexity index is 1530. The van der Waals surface area contributed by atoms with E-state index in [0.717, 1.165) is 62.6 Å². The molecule has 6 atom stereocenters.